The molecule has 3 saturated carbocycles. The van der Waals surface area contributed by atoms with E-state index in [-0.39, 0.29) is 23.3 Å². The molecule has 1 heterocycles. The molecule has 0 spiro atoms. The van der Waals surface area contributed by atoms with Crippen molar-refractivity contribution in [2.45, 2.75) is 71.8 Å². The Balaban J connectivity index is 1.50. The number of rotatable bonds is 4. The third kappa shape index (κ3) is 3.41. The third-order valence-electron chi connectivity index (χ3n) is 9.77. The van der Waals surface area contributed by atoms with Gasteiger partial charge in [-0.1, -0.05) is 38.5 Å². The highest BCUT2D eigenvalue weighted by Gasteiger charge is 2.59. The Morgan fingerprint density at radius 3 is 2.67 bits per heavy atom. The van der Waals surface area contributed by atoms with Crippen molar-refractivity contribution in [3.63, 3.8) is 0 Å². The normalized spacial score (nSPS) is 37.5. The van der Waals surface area contributed by atoms with Crippen LogP contribution >= 0.6 is 0 Å². The zero-order valence-corrected chi connectivity index (χ0v) is 20.5. The van der Waals surface area contributed by atoms with E-state index in [0.29, 0.717) is 40.8 Å². The van der Waals surface area contributed by atoms with Gasteiger partial charge in [0, 0.05) is 18.0 Å². The molecule has 1 aromatic rings. The zero-order valence-electron chi connectivity index (χ0n) is 20.5. The Hall–Kier alpha value is -2.30. The van der Waals surface area contributed by atoms with E-state index in [1.807, 2.05) is 36.1 Å². The first-order valence-corrected chi connectivity index (χ1v) is 12.8. The standard InChI is InChI=1S/C28H38N2O3/c1-5-30-24-13-12-18-20-9-8-15-27(20,2)16-14-21(18)28(24,3)17-19(26(30)32)25(31)29-22-10-6-7-11-23(22)33-4/h6-7,10-11,17-18,20-21,24H,5,8-9,12-16H2,1-4H3,(H,29,31)/t18-,20-,21+,24?,27-,28+/m0/s1. The lowest BCUT2D eigenvalue weighted by molar-refractivity contribution is -0.143. The van der Waals surface area contributed by atoms with E-state index in [1.54, 1.807) is 7.11 Å². The lowest BCUT2D eigenvalue weighted by Gasteiger charge is -2.60. The molecule has 0 saturated heterocycles. The number of amides is 2. The van der Waals surface area contributed by atoms with Gasteiger partial charge < -0.3 is 15.0 Å². The molecule has 5 rings (SSSR count). The summed E-state index contributed by atoms with van der Waals surface area (Å²) in [4.78, 5) is 28.9. The van der Waals surface area contributed by atoms with Gasteiger partial charge >= 0.3 is 0 Å². The number of carbonyl (C=O) groups excluding carboxylic acids is 2. The molecule has 0 radical (unpaired) electrons. The number of hydrogen-bond donors (Lipinski definition) is 1. The van der Waals surface area contributed by atoms with Gasteiger partial charge in [-0.05, 0) is 80.8 Å². The molecule has 33 heavy (non-hydrogen) atoms. The maximum absolute atomic E-state index is 13.5. The number of carbonyl (C=O) groups is 2. The van der Waals surface area contributed by atoms with Gasteiger partial charge in [-0.2, -0.15) is 0 Å². The largest absolute Gasteiger partial charge is 0.495 e. The summed E-state index contributed by atoms with van der Waals surface area (Å²) in [7, 11) is 1.59. The SMILES string of the molecule is CCN1C(=O)C(C(=O)Nc2ccccc2OC)=C[C@@]2(C)C1CC[C@@H]1[C@H]2CC[C@]2(C)CCC[C@@H]12. The van der Waals surface area contributed by atoms with Crippen molar-refractivity contribution in [3.05, 3.63) is 35.9 Å². The molecule has 5 heteroatoms. The van der Waals surface area contributed by atoms with E-state index in [1.165, 1.54) is 38.5 Å². The second kappa shape index (κ2) is 8.18. The summed E-state index contributed by atoms with van der Waals surface area (Å²) in [6.45, 7) is 7.52. The number of likely N-dealkylation sites (N-methyl/N-ethyl adjacent to an activating group) is 1. The van der Waals surface area contributed by atoms with E-state index in [0.717, 1.165) is 12.3 Å². The lowest BCUT2D eigenvalue weighted by atomic mass is 9.48. The summed E-state index contributed by atoms with van der Waals surface area (Å²) in [6.07, 6.45) is 10.9. The summed E-state index contributed by atoms with van der Waals surface area (Å²) >= 11 is 0. The minimum absolute atomic E-state index is 0.132. The zero-order chi connectivity index (χ0) is 23.4. The number of fused-ring (bicyclic) bond motifs is 5. The van der Waals surface area contributed by atoms with E-state index in [2.05, 4.69) is 25.2 Å². The average Bonchev–Trinajstić information content (AvgIpc) is 3.21. The molecular weight excluding hydrogens is 412 g/mol. The highest BCUT2D eigenvalue weighted by molar-refractivity contribution is 6.23. The van der Waals surface area contributed by atoms with Gasteiger partial charge in [0.2, 0.25) is 0 Å². The van der Waals surface area contributed by atoms with Crippen LogP contribution in [-0.2, 0) is 9.59 Å². The topological polar surface area (TPSA) is 58.6 Å². The van der Waals surface area contributed by atoms with E-state index in [9.17, 15) is 9.59 Å². The van der Waals surface area contributed by atoms with Crippen LogP contribution in [0.5, 0.6) is 5.75 Å². The second-order valence-corrected chi connectivity index (χ2v) is 11.2. The van der Waals surface area contributed by atoms with Crippen LogP contribution in [0.4, 0.5) is 5.69 Å². The van der Waals surface area contributed by atoms with Crippen LogP contribution < -0.4 is 10.1 Å². The number of ether oxygens (including phenoxy) is 1. The molecule has 1 aromatic carbocycles. The Morgan fingerprint density at radius 2 is 1.91 bits per heavy atom. The summed E-state index contributed by atoms with van der Waals surface area (Å²) < 4.78 is 5.40. The van der Waals surface area contributed by atoms with Crippen LogP contribution in [0.25, 0.3) is 0 Å². The van der Waals surface area contributed by atoms with Crippen molar-refractivity contribution < 1.29 is 14.3 Å². The summed E-state index contributed by atoms with van der Waals surface area (Å²) in [5.74, 6) is 2.16. The van der Waals surface area contributed by atoms with Crippen LogP contribution in [0.1, 0.15) is 65.7 Å². The molecule has 4 aliphatic rings. The van der Waals surface area contributed by atoms with E-state index >= 15 is 0 Å². The number of nitrogens with one attached hydrogen (secondary N) is 1. The summed E-state index contributed by atoms with van der Waals surface area (Å²) in [5, 5.41) is 2.95. The van der Waals surface area contributed by atoms with Gasteiger partial charge in [0.25, 0.3) is 11.8 Å². The molecule has 2 amide bonds. The molecule has 1 unspecified atom stereocenters. The van der Waals surface area contributed by atoms with Crippen LogP contribution in [0.3, 0.4) is 0 Å². The van der Waals surface area contributed by atoms with Crippen molar-refractivity contribution >= 4 is 17.5 Å². The van der Waals surface area contributed by atoms with Crippen molar-refractivity contribution in [3.8, 4) is 5.75 Å². The highest BCUT2D eigenvalue weighted by Crippen LogP contribution is 2.64. The molecule has 1 aliphatic heterocycles. The Morgan fingerprint density at radius 1 is 1.12 bits per heavy atom. The van der Waals surface area contributed by atoms with Gasteiger partial charge in [0.15, 0.2) is 0 Å². The number of methoxy groups -OCH3 is 1. The molecular formula is C28H38N2O3. The molecule has 0 aromatic heterocycles. The molecule has 3 fully saturated rings. The van der Waals surface area contributed by atoms with Gasteiger partial charge in [-0.25, -0.2) is 0 Å². The first kappa shape index (κ1) is 22.5. The Labute approximate surface area is 197 Å². The van der Waals surface area contributed by atoms with Crippen molar-refractivity contribution in [2.24, 2.45) is 28.6 Å². The third-order valence-corrected chi connectivity index (χ3v) is 9.77. The smallest absolute Gasteiger partial charge is 0.261 e. The summed E-state index contributed by atoms with van der Waals surface area (Å²) in [5.41, 5.74) is 1.22. The molecule has 6 atom stereocenters. The van der Waals surface area contributed by atoms with E-state index < -0.39 is 0 Å². The van der Waals surface area contributed by atoms with Crippen molar-refractivity contribution in [1.82, 2.24) is 4.90 Å². The minimum Gasteiger partial charge on any atom is -0.495 e. The lowest BCUT2D eigenvalue weighted by Crippen LogP contribution is -2.61. The maximum Gasteiger partial charge on any atom is 0.261 e. The average molecular weight is 451 g/mol. The maximum atomic E-state index is 13.5. The van der Waals surface area contributed by atoms with Crippen molar-refractivity contribution in [2.75, 3.05) is 19.0 Å². The summed E-state index contributed by atoms with van der Waals surface area (Å²) in [6, 6.07) is 7.54. The van der Waals surface area contributed by atoms with Gasteiger partial charge in [0.05, 0.1) is 12.8 Å². The molecule has 0 bridgehead atoms. The fraction of sp³-hybridized carbons (Fsp3) is 0.643. The highest BCUT2D eigenvalue weighted by atomic mass is 16.5. The van der Waals surface area contributed by atoms with Crippen LogP contribution in [0, 0.1) is 28.6 Å². The molecule has 3 aliphatic carbocycles. The van der Waals surface area contributed by atoms with E-state index in [4.69, 9.17) is 4.74 Å². The minimum atomic E-state index is -0.328. The predicted octanol–water partition coefficient (Wildman–Crippen LogP) is 5.42. The number of para-hydroxylation sites is 2. The predicted molar refractivity (Wildman–Crippen MR) is 130 cm³/mol. The van der Waals surface area contributed by atoms with Gasteiger partial charge in [-0.15, -0.1) is 0 Å². The van der Waals surface area contributed by atoms with Crippen LogP contribution in [0.2, 0.25) is 0 Å². The second-order valence-electron chi connectivity index (χ2n) is 11.2. The Kier molecular flexibility index (Phi) is 5.57. The number of nitrogens with zero attached hydrogens (tertiary/aromatic N) is 1. The molecule has 1 N–H and O–H groups in total. The van der Waals surface area contributed by atoms with Crippen LogP contribution in [0.15, 0.2) is 35.9 Å². The molecule has 178 valence electrons. The monoisotopic (exact) mass is 450 g/mol. The molecule has 5 nitrogen and oxygen atoms in total. The number of anilines is 1. The number of hydrogen-bond acceptors (Lipinski definition) is 3. The fourth-order valence-electron chi connectivity index (χ4n) is 8.19. The van der Waals surface area contributed by atoms with Gasteiger partial charge in [0.1, 0.15) is 11.3 Å². The Bertz CT molecular complexity index is 987. The van der Waals surface area contributed by atoms with Gasteiger partial charge in [-0.3, -0.25) is 9.59 Å². The van der Waals surface area contributed by atoms with Crippen molar-refractivity contribution in [1.29, 1.82) is 0 Å². The van der Waals surface area contributed by atoms with Crippen LogP contribution in [-0.4, -0.2) is 36.4 Å². The first-order chi connectivity index (χ1) is 15.8. The number of benzene rings is 1. The fourth-order valence-corrected chi connectivity index (χ4v) is 8.19. The first-order valence-electron chi connectivity index (χ1n) is 12.8. The quantitative estimate of drug-likeness (QED) is 0.623.